The van der Waals surface area contributed by atoms with Crippen LogP contribution in [0.2, 0.25) is 0 Å². The van der Waals surface area contributed by atoms with E-state index in [9.17, 15) is 14.4 Å². The molecule has 39 heavy (non-hydrogen) atoms. The molecule has 0 saturated heterocycles. The fourth-order valence-corrected chi connectivity index (χ4v) is 5.77. The quantitative estimate of drug-likeness (QED) is 0.195. The van der Waals surface area contributed by atoms with E-state index in [1.165, 1.54) is 0 Å². The van der Waals surface area contributed by atoms with Crippen molar-refractivity contribution in [2.75, 3.05) is 0 Å². The van der Waals surface area contributed by atoms with Gasteiger partial charge in [-0.2, -0.15) is 0 Å². The molecule has 0 radical (unpaired) electrons. The standard InChI is InChI=1S/C34H31O4P/c1-24(26-15-7-3-8-16-26)32-30(28-19-11-5-12-20-28)23-31(38-39(35,36)37)33(25(2)27-17-9-4-10-18-27)34(32)29-21-13-6-14-22-29/h3-25H,1-2H3,(H2,35,36,37). The zero-order valence-electron chi connectivity index (χ0n) is 21.9. The molecule has 0 amide bonds. The first-order valence-corrected chi connectivity index (χ1v) is 14.5. The SMILES string of the molecule is CC(c1ccccc1)c1c(OP(=O)(O)O)cc(-c2ccccc2)c(C(C)c2ccccc2)c1-c1ccccc1. The van der Waals surface area contributed by atoms with E-state index in [2.05, 4.69) is 26.0 Å². The Hall–Kier alpha value is -3.95. The van der Waals surface area contributed by atoms with Crippen LogP contribution in [0, 0.1) is 0 Å². The number of hydrogen-bond donors (Lipinski definition) is 2. The van der Waals surface area contributed by atoms with Gasteiger partial charge in [0.25, 0.3) is 0 Å². The molecule has 0 fully saturated rings. The van der Waals surface area contributed by atoms with Crippen molar-refractivity contribution in [3.8, 4) is 28.0 Å². The molecule has 0 aliphatic carbocycles. The van der Waals surface area contributed by atoms with Crippen LogP contribution in [-0.2, 0) is 4.57 Å². The third-order valence-electron chi connectivity index (χ3n) is 7.20. The van der Waals surface area contributed by atoms with E-state index < -0.39 is 7.82 Å². The summed E-state index contributed by atoms with van der Waals surface area (Å²) in [5.41, 5.74) is 7.70. The highest BCUT2D eigenvalue weighted by atomic mass is 31.2. The highest BCUT2D eigenvalue weighted by Gasteiger charge is 2.31. The molecule has 5 rings (SSSR count). The van der Waals surface area contributed by atoms with Gasteiger partial charge in [0.2, 0.25) is 0 Å². The Morgan fingerprint density at radius 1 is 0.590 bits per heavy atom. The van der Waals surface area contributed by atoms with E-state index in [-0.39, 0.29) is 17.6 Å². The van der Waals surface area contributed by atoms with Crippen molar-refractivity contribution in [3.63, 3.8) is 0 Å². The zero-order valence-corrected chi connectivity index (χ0v) is 22.8. The van der Waals surface area contributed by atoms with E-state index >= 15 is 0 Å². The van der Waals surface area contributed by atoms with Gasteiger partial charge in [-0.05, 0) is 45.0 Å². The first-order chi connectivity index (χ1) is 18.8. The molecular weight excluding hydrogens is 503 g/mol. The lowest BCUT2D eigenvalue weighted by atomic mass is 9.76. The second-order valence-electron chi connectivity index (χ2n) is 9.70. The van der Waals surface area contributed by atoms with Crippen molar-refractivity contribution in [2.24, 2.45) is 0 Å². The highest BCUT2D eigenvalue weighted by molar-refractivity contribution is 7.46. The summed E-state index contributed by atoms with van der Waals surface area (Å²) in [5.74, 6) is -0.0571. The van der Waals surface area contributed by atoms with Gasteiger partial charge < -0.3 is 4.52 Å². The van der Waals surface area contributed by atoms with Crippen LogP contribution in [0.1, 0.15) is 47.9 Å². The second kappa shape index (κ2) is 11.4. The van der Waals surface area contributed by atoms with Crippen LogP contribution >= 0.6 is 7.82 Å². The maximum absolute atomic E-state index is 12.3. The molecule has 2 atom stereocenters. The fourth-order valence-electron chi connectivity index (χ4n) is 5.36. The minimum atomic E-state index is -4.87. The Bertz CT molecular complexity index is 1580. The van der Waals surface area contributed by atoms with E-state index in [1.807, 2.05) is 115 Å². The van der Waals surface area contributed by atoms with Crippen LogP contribution < -0.4 is 4.52 Å². The summed E-state index contributed by atoms with van der Waals surface area (Å²) in [7, 11) is -4.87. The normalized spacial score (nSPS) is 13.0. The smallest absolute Gasteiger partial charge is 0.404 e. The molecule has 5 heteroatoms. The van der Waals surface area contributed by atoms with E-state index in [0.29, 0.717) is 0 Å². The predicted octanol–water partition coefficient (Wildman–Crippen LogP) is 8.80. The molecule has 196 valence electrons. The lowest BCUT2D eigenvalue weighted by molar-refractivity contribution is 0.282. The summed E-state index contributed by atoms with van der Waals surface area (Å²) < 4.78 is 17.8. The number of hydrogen-bond acceptors (Lipinski definition) is 2. The predicted molar refractivity (Wildman–Crippen MR) is 158 cm³/mol. The number of phosphoric ester groups is 1. The van der Waals surface area contributed by atoms with Gasteiger partial charge in [0, 0.05) is 17.4 Å². The first-order valence-electron chi connectivity index (χ1n) is 13.0. The Kier molecular flexibility index (Phi) is 7.81. The third kappa shape index (κ3) is 5.89. The molecule has 0 aromatic heterocycles. The van der Waals surface area contributed by atoms with Crippen LogP contribution in [-0.4, -0.2) is 9.79 Å². The molecule has 0 spiro atoms. The Labute approximate surface area is 229 Å². The molecule has 2 N–H and O–H groups in total. The van der Waals surface area contributed by atoms with E-state index in [4.69, 9.17) is 4.52 Å². The topological polar surface area (TPSA) is 66.8 Å². The molecule has 5 aromatic rings. The van der Waals surface area contributed by atoms with Crippen molar-refractivity contribution in [2.45, 2.75) is 25.7 Å². The summed E-state index contributed by atoms with van der Waals surface area (Å²) in [6, 6.07) is 42.1. The van der Waals surface area contributed by atoms with Crippen molar-refractivity contribution >= 4 is 7.82 Å². The molecule has 4 nitrogen and oxygen atoms in total. The summed E-state index contributed by atoms with van der Waals surface area (Å²) in [5, 5.41) is 0. The zero-order chi connectivity index (χ0) is 27.4. The average molecular weight is 535 g/mol. The Morgan fingerprint density at radius 3 is 1.46 bits per heavy atom. The molecule has 0 aliphatic heterocycles. The highest BCUT2D eigenvalue weighted by Crippen LogP contribution is 2.52. The van der Waals surface area contributed by atoms with Gasteiger partial charge in [-0.1, -0.05) is 135 Å². The van der Waals surface area contributed by atoms with Crippen molar-refractivity contribution in [1.29, 1.82) is 0 Å². The molecule has 0 bridgehead atoms. The monoisotopic (exact) mass is 534 g/mol. The van der Waals surface area contributed by atoms with Gasteiger partial charge in [0.1, 0.15) is 5.75 Å². The molecule has 2 unspecified atom stereocenters. The van der Waals surface area contributed by atoms with Gasteiger partial charge in [-0.25, -0.2) is 4.57 Å². The van der Waals surface area contributed by atoms with Gasteiger partial charge in [-0.3, -0.25) is 9.79 Å². The largest absolute Gasteiger partial charge is 0.524 e. The summed E-state index contributed by atoms with van der Waals surface area (Å²) in [4.78, 5) is 20.0. The fraction of sp³-hybridized carbons (Fsp3) is 0.118. The third-order valence-corrected chi connectivity index (χ3v) is 7.63. The van der Waals surface area contributed by atoms with Crippen LogP contribution in [0.15, 0.2) is 127 Å². The van der Waals surface area contributed by atoms with Crippen LogP contribution in [0.4, 0.5) is 0 Å². The first kappa shape index (κ1) is 26.6. The Balaban J connectivity index is 1.94. The van der Waals surface area contributed by atoms with Gasteiger partial charge in [0.15, 0.2) is 0 Å². The minimum Gasteiger partial charge on any atom is -0.404 e. The van der Waals surface area contributed by atoms with Gasteiger partial charge in [-0.15, -0.1) is 0 Å². The van der Waals surface area contributed by atoms with Crippen molar-refractivity contribution in [1.82, 2.24) is 0 Å². The lowest BCUT2D eigenvalue weighted by Crippen LogP contribution is -2.10. The summed E-state index contributed by atoms with van der Waals surface area (Å²) >= 11 is 0. The molecule has 0 heterocycles. The van der Waals surface area contributed by atoms with E-state index in [1.54, 1.807) is 0 Å². The van der Waals surface area contributed by atoms with Crippen molar-refractivity contribution < 1.29 is 18.9 Å². The average Bonchev–Trinajstić information content (AvgIpc) is 2.97. The molecule has 0 saturated carbocycles. The van der Waals surface area contributed by atoms with Crippen LogP contribution in [0.5, 0.6) is 5.75 Å². The minimum absolute atomic E-state index is 0.0255. The summed E-state index contributed by atoms with van der Waals surface area (Å²) in [6.07, 6.45) is 0. The van der Waals surface area contributed by atoms with Crippen molar-refractivity contribution in [3.05, 3.63) is 150 Å². The number of rotatable bonds is 8. The summed E-state index contributed by atoms with van der Waals surface area (Å²) in [6.45, 7) is 4.24. The van der Waals surface area contributed by atoms with Gasteiger partial charge >= 0.3 is 7.82 Å². The maximum atomic E-state index is 12.3. The molecule has 5 aromatic carbocycles. The van der Waals surface area contributed by atoms with Crippen LogP contribution in [0.3, 0.4) is 0 Å². The lowest BCUT2D eigenvalue weighted by Gasteiger charge is -2.29. The van der Waals surface area contributed by atoms with E-state index in [0.717, 1.165) is 44.5 Å². The molecular formula is C34H31O4P. The second-order valence-corrected chi connectivity index (χ2v) is 10.9. The maximum Gasteiger partial charge on any atom is 0.524 e. The number of benzene rings is 5. The van der Waals surface area contributed by atoms with Gasteiger partial charge in [0.05, 0.1) is 0 Å². The Morgan fingerprint density at radius 2 is 1.00 bits per heavy atom. The van der Waals surface area contributed by atoms with Crippen LogP contribution in [0.25, 0.3) is 22.3 Å². The number of phosphoric acid groups is 1. The molecule has 0 aliphatic rings.